The first-order valence-corrected chi connectivity index (χ1v) is 8.12. The molecule has 0 bridgehead atoms. The van der Waals surface area contributed by atoms with Gasteiger partial charge in [-0.3, -0.25) is 10.1 Å². The summed E-state index contributed by atoms with van der Waals surface area (Å²) >= 11 is 7.73. The van der Waals surface area contributed by atoms with E-state index in [4.69, 9.17) is 16.0 Å². The van der Waals surface area contributed by atoms with Crippen molar-refractivity contribution in [3.63, 3.8) is 0 Å². The van der Waals surface area contributed by atoms with Crippen LogP contribution in [-0.2, 0) is 6.42 Å². The lowest BCUT2D eigenvalue weighted by Gasteiger charge is -1.99. The number of nitro groups is 1. The standard InChI is InChI=1S/C15H12ClN3O3S/c1-3-10-8(2)23-7-12(10)15-18-17-14(22-15)11-6-9(19(20)21)4-5-13(11)16/h4-7H,3H2,1-2H3. The third kappa shape index (κ3) is 2.85. The Kier molecular flexibility index (Phi) is 4.14. The summed E-state index contributed by atoms with van der Waals surface area (Å²) in [6.07, 6.45) is 0.861. The highest BCUT2D eigenvalue weighted by Crippen LogP contribution is 2.35. The van der Waals surface area contributed by atoms with Crippen LogP contribution in [0.4, 0.5) is 5.69 Å². The summed E-state index contributed by atoms with van der Waals surface area (Å²) in [5.41, 5.74) is 2.33. The van der Waals surface area contributed by atoms with E-state index in [9.17, 15) is 10.1 Å². The van der Waals surface area contributed by atoms with Crippen LogP contribution < -0.4 is 0 Å². The third-order valence-corrected chi connectivity index (χ3v) is 4.79. The Morgan fingerprint density at radius 3 is 2.65 bits per heavy atom. The van der Waals surface area contributed by atoms with Gasteiger partial charge in [-0.1, -0.05) is 18.5 Å². The lowest BCUT2D eigenvalue weighted by Crippen LogP contribution is -1.89. The van der Waals surface area contributed by atoms with Crippen LogP contribution in [0.2, 0.25) is 5.02 Å². The number of nitrogens with zero attached hydrogens (tertiary/aromatic N) is 3. The van der Waals surface area contributed by atoms with Gasteiger partial charge in [-0.15, -0.1) is 21.5 Å². The number of benzene rings is 1. The minimum absolute atomic E-state index is 0.0789. The number of hydrogen-bond acceptors (Lipinski definition) is 6. The molecule has 0 atom stereocenters. The first kappa shape index (κ1) is 15.6. The highest BCUT2D eigenvalue weighted by Gasteiger charge is 2.19. The molecule has 0 N–H and O–H groups in total. The van der Waals surface area contributed by atoms with Crippen molar-refractivity contribution >= 4 is 28.6 Å². The number of hydrogen-bond donors (Lipinski definition) is 0. The lowest BCUT2D eigenvalue weighted by molar-refractivity contribution is -0.384. The third-order valence-electron chi connectivity index (χ3n) is 3.50. The molecule has 23 heavy (non-hydrogen) atoms. The van der Waals surface area contributed by atoms with Crippen LogP contribution in [0.25, 0.3) is 22.9 Å². The highest BCUT2D eigenvalue weighted by molar-refractivity contribution is 7.10. The van der Waals surface area contributed by atoms with Crippen LogP contribution in [0.3, 0.4) is 0 Å². The number of aryl methyl sites for hydroxylation is 1. The first-order chi connectivity index (χ1) is 11.0. The fraction of sp³-hybridized carbons (Fsp3) is 0.200. The fourth-order valence-corrected chi connectivity index (χ4v) is 3.46. The van der Waals surface area contributed by atoms with Gasteiger partial charge in [0.05, 0.1) is 21.1 Å². The maximum Gasteiger partial charge on any atom is 0.270 e. The monoisotopic (exact) mass is 349 g/mol. The molecule has 0 saturated carbocycles. The zero-order chi connectivity index (χ0) is 16.6. The number of thiophene rings is 1. The molecule has 3 aromatic rings. The second-order valence-electron chi connectivity index (χ2n) is 4.87. The smallest absolute Gasteiger partial charge is 0.270 e. The second-order valence-corrected chi connectivity index (χ2v) is 6.36. The van der Waals surface area contributed by atoms with Crippen molar-refractivity contribution in [3.8, 4) is 22.9 Å². The normalized spacial score (nSPS) is 10.9. The molecule has 3 rings (SSSR count). The maximum absolute atomic E-state index is 10.9. The van der Waals surface area contributed by atoms with Crippen LogP contribution in [-0.4, -0.2) is 15.1 Å². The number of non-ortho nitro benzene ring substituents is 1. The van der Waals surface area contributed by atoms with Crippen LogP contribution in [0, 0.1) is 17.0 Å². The number of rotatable bonds is 4. The lowest BCUT2D eigenvalue weighted by atomic mass is 10.1. The zero-order valence-electron chi connectivity index (χ0n) is 12.4. The molecular weight excluding hydrogens is 338 g/mol. The van der Waals surface area contributed by atoms with Gasteiger partial charge in [0.2, 0.25) is 11.8 Å². The second kappa shape index (κ2) is 6.10. The van der Waals surface area contributed by atoms with E-state index in [1.165, 1.54) is 23.1 Å². The van der Waals surface area contributed by atoms with E-state index in [2.05, 4.69) is 17.1 Å². The number of aromatic nitrogens is 2. The summed E-state index contributed by atoms with van der Waals surface area (Å²) in [6, 6.07) is 4.12. The summed E-state index contributed by atoms with van der Waals surface area (Å²) in [7, 11) is 0. The van der Waals surface area contributed by atoms with E-state index in [1.807, 2.05) is 12.3 Å². The van der Waals surface area contributed by atoms with Gasteiger partial charge >= 0.3 is 0 Å². The highest BCUT2D eigenvalue weighted by atomic mass is 35.5. The van der Waals surface area contributed by atoms with Crippen molar-refractivity contribution in [1.29, 1.82) is 0 Å². The quantitative estimate of drug-likeness (QED) is 0.494. The largest absolute Gasteiger partial charge is 0.416 e. The van der Waals surface area contributed by atoms with Crippen LogP contribution >= 0.6 is 22.9 Å². The molecule has 6 nitrogen and oxygen atoms in total. The van der Waals surface area contributed by atoms with Gasteiger partial charge < -0.3 is 4.42 Å². The van der Waals surface area contributed by atoms with Gasteiger partial charge in [0.25, 0.3) is 5.69 Å². The molecule has 0 aliphatic heterocycles. The van der Waals surface area contributed by atoms with E-state index in [0.29, 0.717) is 16.5 Å². The minimum atomic E-state index is -0.492. The molecule has 0 fully saturated rings. The van der Waals surface area contributed by atoms with Crippen molar-refractivity contribution in [2.24, 2.45) is 0 Å². The van der Waals surface area contributed by atoms with Gasteiger partial charge in [0, 0.05) is 22.4 Å². The Morgan fingerprint density at radius 2 is 2.00 bits per heavy atom. The molecule has 2 heterocycles. The summed E-state index contributed by atoms with van der Waals surface area (Å²) in [5, 5.41) is 21.3. The Bertz CT molecular complexity index is 888. The molecule has 0 aliphatic carbocycles. The van der Waals surface area contributed by atoms with Crippen molar-refractivity contribution in [3.05, 3.63) is 49.2 Å². The predicted molar refractivity (Wildman–Crippen MR) is 88.8 cm³/mol. The molecular formula is C15H12ClN3O3S. The molecule has 0 amide bonds. The molecule has 0 saturated heterocycles. The van der Waals surface area contributed by atoms with Gasteiger partial charge in [-0.05, 0) is 25.0 Å². The summed E-state index contributed by atoms with van der Waals surface area (Å²) in [6.45, 7) is 4.11. The summed E-state index contributed by atoms with van der Waals surface area (Å²) in [4.78, 5) is 11.6. The topological polar surface area (TPSA) is 82.1 Å². The molecule has 0 unspecified atom stereocenters. The Hall–Kier alpha value is -2.25. The Morgan fingerprint density at radius 1 is 1.30 bits per heavy atom. The fourth-order valence-electron chi connectivity index (χ4n) is 2.33. The van der Waals surface area contributed by atoms with Crippen LogP contribution in [0.1, 0.15) is 17.4 Å². The molecule has 0 radical (unpaired) electrons. The van der Waals surface area contributed by atoms with Crippen molar-refractivity contribution in [2.45, 2.75) is 20.3 Å². The Balaban J connectivity index is 2.06. The van der Waals surface area contributed by atoms with Gasteiger partial charge in [0.1, 0.15) is 0 Å². The SMILES string of the molecule is CCc1c(-c2nnc(-c3cc([N+](=O)[O-])ccc3Cl)o2)csc1C. The average Bonchev–Trinajstić information content (AvgIpc) is 3.13. The van der Waals surface area contributed by atoms with E-state index >= 15 is 0 Å². The Labute approximate surface area is 140 Å². The summed E-state index contributed by atoms with van der Waals surface area (Å²) in [5.74, 6) is 0.559. The van der Waals surface area contributed by atoms with Gasteiger partial charge in [0.15, 0.2) is 0 Å². The van der Waals surface area contributed by atoms with Crippen molar-refractivity contribution in [2.75, 3.05) is 0 Å². The number of halogens is 1. The molecule has 8 heteroatoms. The van der Waals surface area contributed by atoms with Crippen molar-refractivity contribution < 1.29 is 9.34 Å². The zero-order valence-corrected chi connectivity index (χ0v) is 13.9. The predicted octanol–water partition coefficient (Wildman–Crippen LogP) is 4.90. The average molecular weight is 350 g/mol. The molecule has 2 aromatic heterocycles. The summed E-state index contributed by atoms with van der Waals surface area (Å²) < 4.78 is 5.70. The molecule has 118 valence electrons. The minimum Gasteiger partial charge on any atom is -0.416 e. The van der Waals surface area contributed by atoms with Gasteiger partial charge in [-0.2, -0.15) is 0 Å². The van der Waals surface area contributed by atoms with Crippen molar-refractivity contribution in [1.82, 2.24) is 10.2 Å². The van der Waals surface area contributed by atoms with E-state index in [1.54, 1.807) is 11.3 Å². The molecule has 0 aliphatic rings. The number of nitro benzene ring substituents is 1. The van der Waals surface area contributed by atoms with Crippen LogP contribution in [0.5, 0.6) is 0 Å². The maximum atomic E-state index is 10.9. The van der Waals surface area contributed by atoms with E-state index in [0.717, 1.165) is 17.5 Å². The molecule has 1 aromatic carbocycles. The van der Waals surface area contributed by atoms with E-state index < -0.39 is 4.92 Å². The van der Waals surface area contributed by atoms with Gasteiger partial charge in [-0.25, -0.2) is 0 Å². The van der Waals surface area contributed by atoms with Crippen LogP contribution in [0.15, 0.2) is 28.0 Å². The molecule has 0 spiro atoms. The van der Waals surface area contributed by atoms with E-state index in [-0.39, 0.29) is 11.6 Å². The first-order valence-electron chi connectivity index (χ1n) is 6.86.